The first-order valence-corrected chi connectivity index (χ1v) is 11.4. The smallest absolute Gasteiger partial charge is 0.144 e. The van der Waals surface area contributed by atoms with Gasteiger partial charge in [0, 0.05) is 39.5 Å². The van der Waals surface area contributed by atoms with Crippen LogP contribution in [0.5, 0.6) is 0 Å². The Balaban J connectivity index is 1.44. The summed E-state index contributed by atoms with van der Waals surface area (Å²) in [7, 11) is 0. The molecular formula is C31H20N2O. The fraction of sp³-hybridized carbons (Fsp3) is 0.0323. The molecule has 3 aromatic heterocycles. The highest BCUT2D eigenvalue weighted by Crippen LogP contribution is 2.39. The van der Waals surface area contributed by atoms with Gasteiger partial charge in [-0.15, -0.1) is 0 Å². The molecule has 0 bridgehead atoms. The predicted octanol–water partition coefficient (Wildman–Crippen LogP) is 8.32. The molecule has 0 aliphatic heterocycles. The summed E-state index contributed by atoms with van der Waals surface area (Å²) >= 11 is 0. The number of para-hydroxylation sites is 1. The lowest BCUT2D eigenvalue weighted by Crippen LogP contribution is -1.89. The number of aryl methyl sites for hydroxylation is 1. The molecule has 0 atom stereocenters. The van der Waals surface area contributed by atoms with Crippen molar-refractivity contribution in [2.45, 2.75) is 6.92 Å². The van der Waals surface area contributed by atoms with Crippen LogP contribution in [0.25, 0.3) is 66.0 Å². The predicted molar refractivity (Wildman–Crippen MR) is 140 cm³/mol. The first kappa shape index (κ1) is 19.0. The summed E-state index contributed by atoms with van der Waals surface area (Å²) in [6.07, 6.45) is 3.72. The molecule has 0 saturated heterocycles. The third kappa shape index (κ3) is 2.84. The summed E-state index contributed by atoms with van der Waals surface area (Å²) in [6, 6.07) is 31.7. The third-order valence-electron chi connectivity index (χ3n) is 6.68. The number of rotatable bonds is 2. The molecule has 0 fully saturated rings. The van der Waals surface area contributed by atoms with Gasteiger partial charge in [-0.3, -0.25) is 9.97 Å². The molecular weight excluding hydrogens is 416 g/mol. The number of benzene rings is 4. The van der Waals surface area contributed by atoms with E-state index in [-0.39, 0.29) is 0 Å². The first-order valence-electron chi connectivity index (χ1n) is 11.4. The lowest BCUT2D eigenvalue weighted by molar-refractivity contribution is 0.673. The van der Waals surface area contributed by atoms with Crippen LogP contribution < -0.4 is 0 Å². The average molecular weight is 437 g/mol. The molecule has 7 rings (SSSR count). The van der Waals surface area contributed by atoms with E-state index in [0.29, 0.717) is 0 Å². The standard InChI is InChI=1S/C31H20N2O/c1-19-16-28-22(7-5-14-32-28)17-27(19)21-13-15-33-29(18-21)26-10-4-9-24-25-12-11-20-6-2-3-8-23(20)30(25)34-31(24)26/h2-18H,1H3. The molecule has 7 aromatic rings. The van der Waals surface area contributed by atoms with Crippen LogP contribution in [0.2, 0.25) is 0 Å². The van der Waals surface area contributed by atoms with Crippen molar-refractivity contribution in [1.82, 2.24) is 9.97 Å². The molecule has 0 saturated carbocycles. The van der Waals surface area contributed by atoms with Crippen molar-refractivity contribution in [3.05, 3.63) is 109 Å². The van der Waals surface area contributed by atoms with Crippen molar-refractivity contribution in [3.8, 4) is 22.4 Å². The number of furan rings is 1. The Morgan fingerprint density at radius 1 is 0.588 bits per heavy atom. The topological polar surface area (TPSA) is 38.9 Å². The van der Waals surface area contributed by atoms with E-state index in [1.165, 1.54) is 16.5 Å². The van der Waals surface area contributed by atoms with E-state index >= 15 is 0 Å². The maximum atomic E-state index is 6.53. The van der Waals surface area contributed by atoms with E-state index in [1.807, 2.05) is 18.5 Å². The van der Waals surface area contributed by atoms with Gasteiger partial charge in [0.05, 0.1) is 11.2 Å². The minimum atomic E-state index is 0.873. The molecule has 3 nitrogen and oxygen atoms in total. The van der Waals surface area contributed by atoms with Gasteiger partial charge in [0.2, 0.25) is 0 Å². The first-order chi connectivity index (χ1) is 16.8. The molecule has 0 aliphatic carbocycles. The second-order valence-electron chi connectivity index (χ2n) is 8.74. The molecule has 4 aromatic carbocycles. The van der Waals surface area contributed by atoms with Crippen molar-refractivity contribution in [3.63, 3.8) is 0 Å². The fourth-order valence-electron chi connectivity index (χ4n) is 5.01. The van der Waals surface area contributed by atoms with Gasteiger partial charge >= 0.3 is 0 Å². The minimum Gasteiger partial charge on any atom is -0.455 e. The normalized spacial score (nSPS) is 11.7. The monoisotopic (exact) mass is 436 g/mol. The van der Waals surface area contributed by atoms with Gasteiger partial charge in [-0.1, -0.05) is 48.5 Å². The van der Waals surface area contributed by atoms with Gasteiger partial charge in [-0.25, -0.2) is 0 Å². The van der Waals surface area contributed by atoms with Crippen molar-refractivity contribution < 1.29 is 4.42 Å². The number of pyridine rings is 2. The van der Waals surface area contributed by atoms with Crippen LogP contribution in [0.3, 0.4) is 0 Å². The molecule has 0 radical (unpaired) electrons. The fourth-order valence-corrected chi connectivity index (χ4v) is 5.01. The zero-order valence-electron chi connectivity index (χ0n) is 18.6. The molecule has 3 heteroatoms. The highest BCUT2D eigenvalue weighted by Gasteiger charge is 2.15. The lowest BCUT2D eigenvalue weighted by Gasteiger charge is -2.10. The minimum absolute atomic E-state index is 0.873. The SMILES string of the molecule is Cc1cc2ncccc2cc1-c1ccnc(-c2cccc3c2oc2c4ccccc4ccc32)c1. The van der Waals surface area contributed by atoms with E-state index in [9.17, 15) is 0 Å². The van der Waals surface area contributed by atoms with Crippen LogP contribution >= 0.6 is 0 Å². The molecule has 3 heterocycles. The zero-order chi connectivity index (χ0) is 22.6. The molecule has 160 valence electrons. The summed E-state index contributed by atoms with van der Waals surface area (Å²) < 4.78 is 6.53. The van der Waals surface area contributed by atoms with Gasteiger partial charge in [0.25, 0.3) is 0 Å². The highest BCUT2D eigenvalue weighted by atomic mass is 16.3. The molecule has 0 amide bonds. The largest absolute Gasteiger partial charge is 0.455 e. The number of nitrogens with zero attached hydrogens (tertiary/aromatic N) is 2. The zero-order valence-corrected chi connectivity index (χ0v) is 18.6. The van der Waals surface area contributed by atoms with Gasteiger partial charge in [0.15, 0.2) is 0 Å². The second kappa shape index (κ2) is 7.26. The molecule has 0 aliphatic rings. The van der Waals surface area contributed by atoms with Crippen LogP contribution in [-0.2, 0) is 0 Å². The summed E-state index contributed by atoms with van der Waals surface area (Å²) in [5.41, 5.74) is 8.22. The van der Waals surface area contributed by atoms with E-state index in [1.54, 1.807) is 0 Å². The van der Waals surface area contributed by atoms with Crippen molar-refractivity contribution in [2.24, 2.45) is 0 Å². The summed E-state index contributed by atoms with van der Waals surface area (Å²) in [5.74, 6) is 0. The van der Waals surface area contributed by atoms with Crippen LogP contribution in [-0.4, -0.2) is 9.97 Å². The Morgan fingerprint density at radius 2 is 1.44 bits per heavy atom. The number of hydrogen-bond acceptors (Lipinski definition) is 3. The molecule has 0 spiro atoms. The van der Waals surface area contributed by atoms with Crippen LogP contribution in [0, 0.1) is 6.92 Å². The molecule has 0 unspecified atom stereocenters. The number of aromatic nitrogens is 2. The van der Waals surface area contributed by atoms with E-state index in [4.69, 9.17) is 9.40 Å². The van der Waals surface area contributed by atoms with Crippen LogP contribution in [0.1, 0.15) is 5.56 Å². The van der Waals surface area contributed by atoms with Gasteiger partial charge in [0.1, 0.15) is 11.2 Å². The maximum Gasteiger partial charge on any atom is 0.144 e. The van der Waals surface area contributed by atoms with Gasteiger partial charge in [-0.2, -0.15) is 0 Å². The average Bonchev–Trinajstić information content (AvgIpc) is 3.28. The Bertz CT molecular complexity index is 1880. The second-order valence-corrected chi connectivity index (χ2v) is 8.74. The van der Waals surface area contributed by atoms with Crippen molar-refractivity contribution in [1.29, 1.82) is 0 Å². The van der Waals surface area contributed by atoms with E-state index in [0.717, 1.165) is 55.0 Å². The Morgan fingerprint density at radius 3 is 2.41 bits per heavy atom. The number of fused-ring (bicyclic) bond motifs is 6. The highest BCUT2D eigenvalue weighted by molar-refractivity contribution is 6.17. The quantitative estimate of drug-likeness (QED) is 0.273. The maximum absolute atomic E-state index is 6.53. The van der Waals surface area contributed by atoms with Crippen LogP contribution in [0.4, 0.5) is 0 Å². The van der Waals surface area contributed by atoms with Crippen molar-refractivity contribution >= 4 is 43.6 Å². The summed E-state index contributed by atoms with van der Waals surface area (Å²) in [6.45, 7) is 2.13. The number of hydrogen-bond donors (Lipinski definition) is 0. The van der Waals surface area contributed by atoms with Crippen LogP contribution in [0.15, 0.2) is 108 Å². The third-order valence-corrected chi connectivity index (χ3v) is 6.68. The molecule has 0 N–H and O–H groups in total. The Labute approximate surface area is 196 Å². The summed E-state index contributed by atoms with van der Waals surface area (Å²) in [4.78, 5) is 9.23. The summed E-state index contributed by atoms with van der Waals surface area (Å²) in [5, 5.41) is 5.68. The van der Waals surface area contributed by atoms with Gasteiger partial charge < -0.3 is 4.42 Å². The van der Waals surface area contributed by atoms with Crippen molar-refractivity contribution in [2.75, 3.05) is 0 Å². The molecule has 34 heavy (non-hydrogen) atoms. The van der Waals surface area contributed by atoms with E-state index < -0.39 is 0 Å². The van der Waals surface area contributed by atoms with Gasteiger partial charge in [-0.05, 0) is 71.5 Å². The Kier molecular flexibility index (Phi) is 4.06. The lowest BCUT2D eigenvalue weighted by atomic mass is 9.97. The Hall–Kier alpha value is -4.50. The van der Waals surface area contributed by atoms with E-state index in [2.05, 4.69) is 96.8 Å².